The standard InChI is InChI=1S/C13H19NS/c1-4-5-11-13(14)10-6-8(2)9(3)7-12(10)15-11/h6-7,11,13H,4-5,14H2,1-3H3. The van der Waals surface area contributed by atoms with E-state index in [4.69, 9.17) is 5.73 Å². The highest BCUT2D eigenvalue weighted by Gasteiger charge is 2.29. The molecule has 2 atom stereocenters. The summed E-state index contributed by atoms with van der Waals surface area (Å²) in [6.45, 7) is 6.57. The van der Waals surface area contributed by atoms with Gasteiger partial charge in [0.05, 0.1) is 0 Å². The molecule has 0 aliphatic carbocycles. The zero-order chi connectivity index (χ0) is 11.0. The lowest BCUT2D eigenvalue weighted by molar-refractivity contribution is 0.629. The first-order chi connectivity index (χ1) is 7.13. The molecule has 2 heteroatoms. The van der Waals surface area contributed by atoms with Crippen molar-refractivity contribution in [1.29, 1.82) is 0 Å². The Morgan fingerprint density at radius 3 is 2.60 bits per heavy atom. The first-order valence-corrected chi connectivity index (χ1v) is 6.54. The number of benzene rings is 1. The van der Waals surface area contributed by atoms with Crippen molar-refractivity contribution in [1.82, 2.24) is 0 Å². The zero-order valence-corrected chi connectivity index (χ0v) is 10.5. The SMILES string of the molecule is CCCC1Sc2cc(C)c(C)cc2C1N. The Morgan fingerprint density at radius 2 is 1.93 bits per heavy atom. The van der Waals surface area contributed by atoms with Gasteiger partial charge in [0, 0.05) is 16.2 Å². The minimum Gasteiger partial charge on any atom is -0.323 e. The van der Waals surface area contributed by atoms with Crippen LogP contribution >= 0.6 is 11.8 Å². The van der Waals surface area contributed by atoms with Crippen LogP contribution in [0.25, 0.3) is 0 Å². The van der Waals surface area contributed by atoms with Crippen molar-refractivity contribution in [2.24, 2.45) is 5.73 Å². The fourth-order valence-corrected chi connectivity index (χ4v) is 3.68. The van der Waals surface area contributed by atoms with Crippen LogP contribution in [0, 0.1) is 13.8 Å². The topological polar surface area (TPSA) is 26.0 Å². The van der Waals surface area contributed by atoms with E-state index in [-0.39, 0.29) is 6.04 Å². The third-order valence-corrected chi connectivity index (χ3v) is 4.68. The van der Waals surface area contributed by atoms with Crippen LogP contribution in [0.5, 0.6) is 0 Å². The Balaban J connectivity index is 2.33. The number of hydrogen-bond acceptors (Lipinski definition) is 2. The predicted octanol–water partition coefficient (Wildman–Crippen LogP) is 3.58. The van der Waals surface area contributed by atoms with Gasteiger partial charge in [-0.3, -0.25) is 0 Å². The van der Waals surface area contributed by atoms with Crippen LogP contribution in [0.1, 0.15) is 42.5 Å². The van der Waals surface area contributed by atoms with Gasteiger partial charge in [0.25, 0.3) is 0 Å². The average molecular weight is 221 g/mol. The van der Waals surface area contributed by atoms with Crippen LogP contribution in [0.4, 0.5) is 0 Å². The first kappa shape index (κ1) is 11.0. The first-order valence-electron chi connectivity index (χ1n) is 5.67. The fourth-order valence-electron chi connectivity index (χ4n) is 2.13. The highest BCUT2D eigenvalue weighted by molar-refractivity contribution is 8.00. The third kappa shape index (κ3) is 1.93. The van der Waals surface area contributed by atoms with Gasteiger partial charge in [-0.1, -0.05) is 19.4 Å². The molecule has 0 saturated carbocycles. The molecule has 0 saturated heterocycles. The van der Waals surface area contributed by atoms with E-state index in [0.29, 0.717) is 5.25 Å². The molecule has 2 unspecified atom stereocenters. The van der Waals surface area contributed by atoms with E-state index in [1.54, 1.807) is 0 Å². The van der Waals surface area contributed by atoms with Crippen LogP contribution in [0.15, 0.2) is 17.0 Å². The summed E-state index contributed by atoms with van der Waals surface area (Å²) < 4.78 is 0. The number of aryl methyl sites for hydroxylation is 2. The van der Waals surface area contributed by atoms with Gasteiger partial charge < -0.3 is 5.73 Å². The maximum atomic E-state index is 6.27. The minimum absolute atomic E-state index is 0.240. The molecule has 0 spiro atoms. The quantitative estimate of drug-likeness (QED) is 0.826. The lowest BCUT2D eigenvalue weighted by Crippen LogP contribution is -2.18. The summed E-state index contributed by atoms with van der Waals surface area (Å²) in [6.07, 6.45) is 2.44. The summed E-state index contributed by atoms with van der Waals surface area (Å²) in [4.78, 5) is 1.41. The average Bonchev–Trinajstić information content (AvgIpc) is 2.47. The van der Waals surface area contributed by atoms with Crippen LogP contribution in [-0.2, 0) is 0 Å². The highest BCUT2D eigenvalue weighted by Crippen LogP contribution is 2.45. The molecular weight excluding hydrogens is 202 g/mol. The summed E-state index contributed by atoms with van der Waals surface area (Å²) in [6, 6.07) is 4.81. The molecule has 1 aliphatic heterocycles. The van der Waals surface area contributed by atoms with Crippen molar-refractivity contribution in [3.63, 3.8) is 0 Å². The molecule has 0 aromatic heterocycles. The summed E-state index contributed by atoms with van der Waals surface area (Å²) >= 11 is 1.97. The number of rotatable bonds is 2. The molecule has 1 aromatic carbocycles. The smallest absolute Gasteiger partial charge is 0.0430 e. The van der Waals surface area contributed by atoms with Crippen molar-refractivity contribution in [3.8, 4) is 0 Å². The molecule has 82 valence electrons. The van der Waals surface area contributed by atoms with Gasteiger partial charge >= 0.3 is 0 Å². The van der Waals surface area contributed by atoms with Crippen LogP contribution in [-0.4, -0.2) is 5.25 Å². The number of thioether (sulfide) groups is 1. The Labute approximate surface area is 96.4 Å². The molecule has 2 N–H and O–H groups in total. The maximum Gasteiger partial charge on any atom is 0.0430 e. The van der Waals surface area contributed by atoms with Gasteiger partial charge in [0.2, 0.25) is 0 Å². The molecular formula is C13H19NS. The lowest BCUT2D eigenvalue weighted by Gasteiger charge is -2.13. The van der Waals surface area contributed by atoms with Crippen LogP contribution in [0.2, 0.25) is 0 Å². The van der Waals surface area contributed by atoms with Gasteiger partial charge in [0.15, 0.2) is 0 Å². The van der Waals surface area contributed by atoms with Gasteiger partial charge in [-0.15, -0.1) is 11.8 Å². The van der Waals surface area contributed by atoms with E-state index in [1.807, 2.05) is 11.8 Å². The molecule has 1 aliphatic rings. The predicted molar refractivity (Wildman–Crippen MR) is 67.4 cm³/mol. The van der Waals surface area contributed by atoms with Gasteiger partial charge in [-0.2, -0.15) is 0 Å². The molecule has 1 nitrogen and oxygen atoms in total. The molecule has 2 rings (SSSR count). The second kappa shape index (κ2) is 4.18. The highest BCUT2D eigenvalue weighted by atomic mass is 32.2. The molecule has 0 fully saturated rings. The van der Waals surface area contributed by atoms with Crippen LogP contribution in [0.3, 0.4) is 0 Å². The van der Waals surface area contributed by atoms with Gasteiger partial charge in [-0.25, -0.2) is 0 Å². The largest absolute Gasteiger partial charge is 0.323 e. The fraction of sp³-hybridized carbons (Fsp3) is 0.538. The zero-order valence-electron chi connectivity index (χ0n) is 9.71. The Hall–Kier alpha value is -0.470. The van der Waals surface area contributed by atoms with E-state index < -0.39 is 0 Å². The van der Waals surface area contributed by atoms with Gasteiger partial charge in [-0.05, 0) is 43.0 Å². The molecule has 15 heavy (non-hydrogen) atoms. The Kier molecular flexibility index (Phi) is 3.08. The summed E-state index contributed by atoms with van der Waals surface area (Å²) in [7, 11) is 0. The van der Waals surface area contributed by atoms with Crippen molar-refractivity contribution >= 4 is 11.8 Å². The van der Waals surface area contributed by atoms with Crippen LogP contribution < -0.4 is 5.73 Å². The number of hydrogen-bond donors (Lipinski definition) is 1. The Morgan fingerprint density at radius 1 is 1.27 bits per heavy atom. The monoisotopic (exact) mass is 221 g/mol. The second-order valence-electron chi connectivity index (χ2n) is 4.45. The number of fused-ring (bicyclic) bond motifs is 1. The van der Waals surface area contributed by atoms with Crippen molar-refractivity contribution in [2.75, 3.05) is 0 Å². The van der Waals surface area contributed by atoms with E-state index in [2.05, 4.69) is 32.9 Å². The van der Waals surface area contributed by atoms with Gasteiger partial charge in [0.1, 0.15) is 0 Å². The van der Waals surface area contributed by atoms with E-state index in [1.165, 1.54) is 34.4 Å². The summed E-state index contributed by atoms with van der Waals surface area (Å²) in [5.41, 5.74) is 10.4. The second-order valence-corrected chi connectivity index (χ2v) is 5.73. The van der Waals surface area contributed by atoms with E-state index in [9.17, 15) is 0 Å². The molecule has 0 bridgehead atoms. The lowest BCUT2D eigenvalue weighted by atomic mass is 9.98. The normalized spacial score (nSPS) is 24.3. The summed E-state index contributed by atoms with van der Waals surface area (Å²) in [5, 5.41) is 0.589. The number of nitrogens with two attached hydrogens (primary N) is 1. The van der Waals surface area contributed by atoms with E-state index >= 15 is 0 Å². The third-order valence-electron chi connectivity index (χ3n) is 3.24. The Bertz CT molecular complexity index is 373. The van der Waals surface area contributed by atoms with Crippen molar-refractivity contribution < 1.29 is 0 Å². The molecule has 0 radical (unpaired) electrons. The minimum atomic E-state index is 0.240. The molecule has 1 aromatic rings. The van der Waals surface area contributed by atoms with Crippen molar-refractivity contribution in [2.45, 2.75) is 49.8 Å². The van der Waals surface area contributed by atoms with Crippen molar-refractivity contribution in [3.05, 3.63) is 28.8 Å². The van der Waals surface area contributed by atoms with E-state index in [0.717, 1.165) is 0 Å². The maximum absolute atomic E-state index is 6.27. The molecule has 1 heterocycles. The molecule has 0 amide bonds. The summed E-state index contributed by atoms with van der Waals surface area (Å²) in [5.74, 6) is 0.